The van der Waals surface area contributed by atoms with Crippen molar-refractivity contribution in [3.8, 4) is 11.1 Å². The fourth-order valence-electron chi connectivity index (χ4n) is 1.79. The van der Waals surface area contributed by atoms with E-state index in [-0.39, 0.29) is 11.0 Å². The average molecular weight is 227 g/mol. The Bertz CT molecular complexity index is 558. The van der Waals surface area contributed by atoms with E-state index < -0.39 is 0 Å². The van der Waals surface area contributed by atoms with E-state index in [1.165, 1.54) is 5.56 Å². The van der Waals surface area contributed by atoms with Gasteiger partial charge in [-0.2, -0.15) is 0 Å². The molecule has 2 heteroatoms. The third-order valence-electron chi connectivity index (χ3n) is 2.86. The van der Waals surface area contributed by atoms with Gasteiger partial charge in [0.1, 0.15) is 0 Å². The number of aromatic nitrogens is 1. The van der Waals surface area contributed by atoms with Crippen molar-refractivity contribution in [3.05, 3.63) is 58.5 Å². The molecule has 1 N–H and O–H groups in total. The zero-order valence-electron chi connectivity index (χ0n) is 10.4. The molecular formula is C15H17NO. The maximum atomic E-state index is 11.2. The summed E-state index contributed by atoms with van der Waals surface area (Å²) in [5.74, 6) is 0. The molecule has 0 aliphatic carbocycles. The van der Waals surface area contributed by atoms with Gasteiger partial charge < -0.3 is 4.98 Å². The molecule has 88 valence electrons. The molecule has 0 aliphatic rings. The van der Waals surface area contributed by atoms with Crippen LogP contribution in [0.5, 0.6) is 0 Å². The van der Waals surface area contributed by atoms with Gasteiger partial charge in [-0.05, 0) is 28.2 Å². The first-order valence-electron chi connectivity index (χ1n) is 5.76. The van der Waals surface area contributed by atoms with Gasteiger partial charge >= 0.3 is 0 Å². The molecule has 2 nitrogen and oxygen atoms in total. The summed E-state index contributed by atoms with van der Waals surface area (Å²) in [5.41, 5.74) is 3.42. The monoisotopic (exact) mass is 227 g/mol. The van der Waals surface area contributed by atoms with Crippen LogP contribution in [0.4, 0.5) is 0 Å². The minimum atomic E-state index is -0.0672. The third kappa shape index (κ3) is 2.64. The molecular weight excluding hydrogens is 210 g/mol. The number of hydrogen-bond acceptors (Lipinski definition) is 1. The first-order valence-corrected chi connectivity index (χ1v) is 5.76. The largest absolute Gasteiger partial charge is 0.329 e. The lowest BCUT2D eigenvalue weighted by Gasteiger charge is -2.19. The smallest absolute Gasteiger partial charge is 0.248 e. The van der Waals surface area contributed by atoms with Crippen molar-refractivity contribution in [2.24, 2.45) is 0 Å². The van der Waals surface area contributed by atoms with Crippen LogP contribution in [0.3, 0.4) is 0 Å². The summed E-state index contributed by atoms with van der Waals surface area (Å²) in [4.78, 5) is 13.9. The first kappa shape index (κ1) is 11.6. The molecule has 1 aromatic carbocycles. The van der Waals surface area contributed by atoms with Gasteiger partial charge in [0, 0.05) is 12.3 Å². The third-order valence-corrected chi connectivity index (χ3v) is 2.86. The lowest BCUT2D eigenvalue weighted by atomic mass is 9.86. The normalized spacial score (nSPS) is 11.5. The van der Waals surface area contributed by atoms with Crippen LogP contribution in [-0.4, -0.2) is 4.98 Å². The number of nitrogens with one attached hydrogen (secondary N) is 1. The van der Waals surface area contributed by atoms with Gasteiger partial charge in [-0.15, -0.1) is 0 Å². The molecule has 0 bridgehead atoms. The summed E-state index contributed by atoms with van der Waals surface area (Å²) >= 11 is 0. The Kier molecular flexibility index (Phi) is 2.88. The zero-order chi connectivity index (χ0) is 12.5. The summed E-state index contributed by atoms with van der Waals surface area (Å²) in [6, 6.07) is 11.9. The minimum absolute atomic E-state index is 0.0672. The molecule has 0 fully saturated rings. The van der Waals surface area contributed by atoms with Gasteiger partial charge in [0.2, 0.25) is 5.56 Å². The predicted octanol–water partition coefficient (Wildman–Crippen LogP) is 3.34. The zero-order valence-corrected chi connectivity index (χ0v) is 10.4. The van der Waals surface area contributed by atoms with E-state index in [0.29, 0.717) is 0 Å². The van der Waals surface area contributed by atoms with E-state index in [1.807, 2.05) is 6.07 Å². The Morgan fingerprint density at radius 1 is 0.941 bits per heavy atom. The molecule has 0 atom stereocenters. The SMILES string of the molecule is CC(C)(C)c1ccc(-c2cc[nH]c(=O)c2)cc1. The molecule has 0 radical (unpaired) electrons. The number of benzene rings is 1. The van der Waals surface area contributed by atoms with Crippen LogP contribution < -0.4 is 5.56 Å². The number of pyridine rings is 1. The standard InChI is InChI=1S/C15H17NO/c1-15(2,3)13-6-4-11(5-7-13)12-8-9-16-14(17)10-12/h4-10H,1-3H3,(H,16,17). The highest BCUT2D eigenvalue weighted by Gasteiger charge is 2.12. The lowest BCUT2D eigenvalue weighted by molar-refractivity contribution is 0.590. The number of rotatable bonds is 1. The number of H-pyrrole nitrogens is 1. The predicted molar refractivity (Wildman–Crippen MR) is 71.2 cm³/mol. The van der Waals surface area contributed by atoms with Gasteiger partial charge in [-0.1, -0.05) is 45.0 Å². The highest BCUT2D eigenvalue weighted by molar-refractivity contribution is 5.63. The second-order valence-electron chi connectivity index (χ2n) is 5.27. The molecule has 2 rings (SSSR count). The van der Waals surface area contributed by atoms with Crippen LogP contribution in [0.2, 0.25) is 0 Å². The fraction of sp³-hybridized carbons (Fsp3) is 0.267. The molecule has 0 amide bonds. The van der Waals surface area contributed by atoms with E-state index in [1.54, 1.807) is 12.3 Å². The summed E-state index contributed by atoms with van der Waals surface area (Å²) in [6.45, 7) is 6.57. The van der Waals surface area contributed by atoms with Crippen LogP contribution in [0, 0.1) is 0 Å². The minimum Gasteiger partial charge on any atom is -0.329 e. The average Bonchev–Trinajstić information content (AvgIpc) is 2.28. The second-order valence-corrected chi connectivity index (χ2v) is 5.27. The molecule has 0 aliphatic heterocycles. The Hall–Kier alpha value is -1.83. The summed E-state index contributed by atoms with van der Waals surface area (Å²) in [5, 5.41) is 0. The quantitative estimate of drug-likeness (QED) is 0.796. The van der Waals surface area contributed by atoms with Crippen molar-refractivity contribution in [2.45, 2.75) is 26.2 Å². The maximum absolute atomic E-state index is 11.2. The molecule has 0 unspecified atom stereocenters. The second kappa shape index (κ2) is 4.21. The highest BCUT2D eigenvalue weighted by atomic mass is 16.1. The molecule has 0 saturated carbocycles. The topological polar surface area (TPSA) is 32.9 Å². The van der Waals surface area contributed by atoms with Gasteiger partial charge in [-0.3, -0.25) is 4.79 Å². The number of aromatic amines is 1. The molecule has 1 aromatic heterocycles. The molecule has 0 saturated heterocycles. The van der Waals surface area contributed by atoms with Crippen LogP contribution in [0.25, 0.3) is 11.1 Å². The van der Waals surface area contributed by atoms with E-state index in [9.17, 15) is 4.79 Å². The summed E-state index contributed by atoms with van der Waals surface area (Å²) in [6.07, 6.45) is 1.68. The van der Waals surface area contributed by atoms with Crippen LogP contribution in [0.1, 0.15) is 26.3 Å². The molecule has 0 spiro atoms. The van der Waals surface area contributed by atoms with Crippen molar-refractivity contribution < 1.29 is 0 Å². The Morgan fingerprint density at radius 2 is 1.59 bits per heavy atom. The maximum Gasteiger partial charge on any atom is 0.248 e. The van der Waals surface area contributed by atoms with E-state index >= 15 is 0 Å². The van der Waals surface area contributed by atoms with Crippen LogP contribution in [-0.2, 0) is 5.41 Å². The Labute approximate surface area is 101 Å². The Balaban J connectivity index is 2.39. The van der Waals surface area contributed by atoms with Crippen molar-refractivity contribution in [2.75, 3.05) is 0 Å². The summed E-state index contributed by atoms with van der Waals surface area (Å²) < 4.78 is 0. The van der Waals surface area contributed by atoms with E-state index in [4.69, 9.17) is 0 Å². The van der Waals surface area contributed by atoms with E-state index in [0.717, 1.165) is 11.1 Å². The van der Waals surface area contributed by atoms with Gasteiger partial charge in [-0.25, -0.2) is 0 Å². The van der Waals surface area contributed by atoms with Crippen molar-refractivity contribution in [1.82, 2.24) is 4.98 Å². The highest BCUT2D eigenvalue weighted by Crippen LogP contribution is 2.25. The van der Waals surface area contributed by atoms with Crippen LogP contribution in [0.15, 0.2) is 47.4 Å². The first-order chi connectivity index (χ1) is 7.97. The lowest BCUT2D eigenvalue weighted by Crippen LogP contribution is -2.10. The van der Waals surface area contributed by atoms with Crippen LogP contribution >= 0.6 is 0 Å². The fourth-order valence-corrected chi connectivity index (χ4v) is 1.79. The van der Waals surface area contributed by atoms with Gasteiger partial charge in [0.25, 0.3) is 0 Å². The Morgan fingerprint density at radius 3 is 2.12 bits per heavy atom. The summed E-state index contributed by atoms with van der Waals surface area (Å²) in [7, 11) is 0. The van der Waals surface area contributed by atoms with Crippen molar-refractivity contribution >= 4 is 0 Å². The molecule has 2 aromatic rings. The molecule has 1 heterocycles. The van der Waals surface area contributed by atoms with Gasteiger partial charge in [0.15, 0.2) is 0 Å². The van der Waals surface area contributed by atoms with Crippen molar-refractivity contribution in [3.63, 3.8) is 0 Å². The van der Waals surface area contributed by atoms with E-state index in [2.05, 4.69) is 50.0 Å². The van der Waals surface area contributed by atoms with Crippen molar-refractivity contribution in [1.29, 1.82) is 0 Å². The number of hydrogen-bond donors (Lipinski definition) is 1. The molecule has 17 heavy (non-hydrogen) atoms. The van der Waals surface area contributed by atoms with Gasteiger partial charge in [0.05, 0.1) is 0 Å².